The van der Waals surface area contributed by atoms with Crippen LogP contribution >= 0.6 is 0 Å². The van der Waals surface area contributed by atoms with E-state index in [0.717, 1.165) is 43.2 Å². The third-order valence-electron chi connectivity index (χ3n) is 7.80. The molecule has 4 atom stereocenters. The second-order valence-corrected chi connectivity index (χ2v) is 9.94. The number of benzene rings is 1. The van der Waals surface area contributed by atoms with Gasteiger partial charge < -0.3 is 9.84 Å². The summed E-state index contributed by atoms with van der Waals surface area (Å²) >= 11 is 0. The quantitative estimate of drug-likeness (QED) is 0.688. The van der Waals surface area contributed by atoms with Crippen molar-refractivity contribution in [2.75, 3.05) is 11.8 Å². The Morgan fingerprint density at radius 3 is 2.74 bits per heavy atom. The summed E-state index contributed by atoms with van der Waals surface area (Å²) in [4.78, 5) is 0. The van der Waals surface area contributed by atoms with E-state index in [1.54, 1.807) is 6.07 Å². The third-order valence-corrected chi connectivity index (χ3v) is 8.28. The number of aliphatic hydroxyl groups excluding tert-OH is 1. The summed E-state index contributed by atoms with van der Waals surface area (Å²) in [5.41, 5.74) is 5.52. The van der Waals surface area contributed by atoms with E-state index < -0.39 is 10.3 Å². The first kappa shape index (κ1) is 17.5. The van der Waals surface area contributed by atoms with E-state index in [0.29, 0.717) is 11.7 Å². The second kappa shape index (κ2) is 5.27. The minimum Gasteiger partial charge on any atom is -0.495 e. The van der Waals surface area contributed by atoms with Crippen LogP contribution in [0.2, 0.25) is 0 Å². The van der Waals surface area contributed by atoms with E-state index in [2.05, 4.69) is 11.6 Å². The molecule has 1 aromatic rings. The molecule has 0 aliphatic heterocycles. The van der Waals surface area contributed by atoms with E-state index in [9.17, 15) is 13.5 Å². The van der Waals surface area contributed by atoms with Crippen molar-refractivity contribution in [1.29, 1.82) is 0 Å². The van der Waals surface area contributed by atoms with Crippen LogP contribution in [0.15, 0.2) is 17.7 Å². The van der Waals surface area contributed by atoms with Crippen LogP contribution < -0.4 is 9.46 Å². The van der Waals surface area contributed by atoms with E-state index >= 15 is 0 Å². The molecule has 0 saturated heterocycles. The summed E-state index contributed by atoms with van der Waals surface area (Å²) in [5.74, 6) is 1.01. The van der Waals surface area contributed by atoms with Gasteiger partial charge in [0.15, 0.2) is 0 Å². The Bertz CT molecular complexity index is 984. The molecule has 7 heteroatoms. The highest BCUT2D eigenvalue weighted by Crippen LogP contribution is 2.80. The molecule has 2 saturated carbocycles. The number of hydrogen-bond donors (Lipinski definition) is 3. The van der Waals surface area contributed by atoms with Crippen molar-refractivity contribution < 1.29 is 22.8 Å². The number of ether oxygens (including phenoxy) is 1. The molecule has 0 heterocycles. The van der Waals surface area contributed by atoms with Crippen molar-refractivity contribution in [2.45, 2.75) is 51.6 Å². The molecule has 5 rings (SSSR count). The first-order valence-electron chi connectivity index (χ1n) is 9.57. The SMILES string of the molecule is COc1cc2c(cc1NS(=O)(=O)O)CCC1=C2CC[C@]2(C)[C@@H](O)C[C@@H]3C[C@@]132. The third kappa shape index (κ3) is 2.22. The van der Waals surface area contributed by atoms with Crippen LogP contribution in [-0.2, 0) is 16.7 Å². The zero-order valence-corrected chi connectivity index (χ0v) is 16.4. The van der Waals surface area contributed by atoms with Crippen LogP contribution in [0.1, 0.15) is 50.2 Å². The van der Waals surface area contributed by atoms with Crippen molar-refractivity contribution in [1.82, 2.24) is 0 Å². The predicted octanol–water partition coefficient (Wildman–Crippen LogP) is 3.18. The summed E-state index contributed by atoms with van der Waals surface area (Å²) in [6.07, 6.45) is 5.60. The van der Waals surface area contributed by atoms with Crippen LogP contribution in [0.5, 0.6) is 5.75 Å². The average Bonchev–Trinajstić information content (AvgIpc) is 3.25. The Morgan fingerprint density at radius 1 is 1.26 bits per heavy atom. The molecule has 0 aromatic heterocycles. The lowest BCUT2D eigenvalue weighted by molar-refractivity contribution is 0.0114. The monoisotopic (exact) mass is 391 g/mol. The summed E-state index contributed by atoms with van der Waals surface area (Å²) in [5, 5.41) is 10.7. The Labute approximate surface area is 159 Å². The first-order chi connectivity index (χ1) is 12.7. The molecule has 4 aliphatic carbocycles. The maximum Gasteiger partial charge on any atom is 0.357 e. The fourth-order valence-corrected chi connectivity index (χ4v) is 6.92. The number of rotatable bonds is 3. The molecule has 3 N–H and O–H groups in total. The van der Waals surface area contributed by atoms with Crippen LogP contribution in [0.25, 0.3) is 5.57 Å². The molecule has 0 unspecified atom stereocenters. The van der Waals surface area contributed by atoms with Crippen LogP contribution in [-0.4, -0.2) is 31.3 Å². The number of aryl methyl sites for hydroxylation is 1. The van der Waals surface area contributed by atoms with Gasteiger partial charge in [0, 0.05) is 10.8 Å². The Morgan fingerprint density at radius 2 is 2.04 bits per heavy atom. The molecular formula is C20H25NO5S. The van der Waals surface area contributed by atoms with E-state index in [1.165, 1.54) is 24.7 Å². The minimum absolute atomic E-state index is 0.00937. The minimum atomic E-state index is -4.36. The lowest BCUT2D eigenvalue weighted by Crippen LogP contribution is -2.41. The molecule has 146 valence electrons. The summed E-state index contributed by atoms with van der Waals surface area (Å²) in [6.45, 7) is 2.27. The van der Waals surface area contributed by atoms with Gasteiger partial charge in [-0.1, -0.05) is 12.5 Å². The van der Waals surface area contributed by atoms with Crippen LogP contribution in [0.3, 0.4) is 0 Å². The van der Waals surface area contributed by atoms with E-state index in [-0.39, 0.29) is 22.6 Å². The summed E-state index contributed by atoms with van der Waals surface area (Å²) in [7, 11) is -2.86. The number of methoxy groups -OCH3 is 1. The Hall–Kier alpha value is -1.57. The maximum atomic E-state index is 11.3. The smallest absolute Gasteiger partial charge is 0.357 e. The zero-order valence-electron chi connectivity index (χ0n) is 15.6. The molecule has 0 amide bonds. The number of fused-ring (bicyclic) bond motifs is 2. The highest BCUT2D eigenvalue weighted by molar-refractivity contribution is 7.87. The van der Waals surface area contributed by atoms with Crippen molar-refractivity contribution in [3.63, 3.8) is 0 Å². The fourth-order valence-electron chi connectivity index (χ4n) is 6.48. The van der Waals surface area contributed by atoms with Gasteiger partial charge in [-0.15, -0.1) is 0 Å². The van der Waals surface area contributed by atoms with Crippen molar-refractivity contribution >= 4 is 21.6 Å². The lowest BCUT2D eigenvalue weighted by atomic mass is 9.59. The molecule has 1 spiro atoms. The molecule has 1 aromatic carbocycles. The number of anilines is 1. The first-order valence-corrected chi connectivity index (χ1v) is 11.0. The number of nitrogens with one attached hydrogen (secondary N) is 1. The van der Waals surface area contributed by atoms with Crippen molar-refractivity contribution in [3.8, 4) is 5.75 Å². The van der Waals surface area contributed by atoms with Crippen molar-refractivity contribution in [3.05, 3.63) is 28.8 Å². The van der Waals surface area contributed by atoms with Gasteiger partial charge in [-0.2, -0.15) is 8.42 Å². The number of aliphatic hydroxyl groups is 1. The fraction of sp³-hybridized carbons (Fsp3) is 0.600. The van der Waals surface area contributed by atoms with Gasteiger partial charge in [0.25, 0.3) is 0 Å². The van der Waals surface area contributed by atoms with Gasteiger partial charge in [0.1, 0.15) is 5.75 Å². The topological polar surface area (TPSA) is 95.9 Å². The molecule has 6 nitrogen and oxygen atoms in total. The lowest BCUT2D eigenvalue weighted by Gasteiger charge is -2.46. The average molecular weight is 391 g/mol. The molecule has 0 bridgehead atoms. The van der Waals surface area contributed by atoms with Gasteiger partial charge in [0.05, 0.1) is 18.9 Å². The van der Waals surface area contributed by atoms with Crippen LogP contribution in [0.4, 0.5) is 5.69 Å². The summed E-state index contributed by atoms with van der Waals surface area (Å²) in [6, 6.07) is 3.68. The highest BCUT2D eigenvalue weighted by atomic mass is 32.2. The molecule has 0 radical (unpaired) electrons. The maximum absolute atomic E-state index is 11.3. The predicted molar refractivity (Wildman–Crippen MR) is 102 cm³/mol. The molecule has 27 heavy (non-hydrogen) atoms. The van der Waals surface area contributed by atoms with Gasteiger partial charge in [-0.25, -0.2) is 0 Å². The van der Waals surface area contributed by atoms with Gasteiger partial charge in [-0.05, 0) is 73.3 Å². The van der Waals surface area contributed by atoms with Crippen LogP contribution in [0, 0.1) is 16.7 Å². The largest absolute Gasteiger partial charge is 0.495 e. The number of allylic oxidation sites excluding steroid dienone is 2. The number of hydrogen-bond acceptors (Lipinski definition) is 4. The molecule has 2 fully saturated rings. The van der Waals surface area contributed by atoms with Crippen molar-refractivity contribution in [2.24, 2.45) is 16.7 Å². The summed E-state index contributed by atoms with van der Waals surface area (Å²) < 4.78 is 39.2. The standard InChI is InChI=1S/C20H25NO5S/c1-19-6-5-13-14-9-17(26-2)16(21-27(23,24)25)7-11(14)3-4-15(13)20(19)10-12(20)8-18(19)22/h7,9,12,18,21-22H,3-6,8,10H2,1-2H3,(H,23,24,25)/t12-,18+,19-,20+/m1/s1. The second-order valence-electron chi connectivity index (χ2n) is 8.79. The Kier molecular flexibility index (Phi) is 3.42. The van der Waals surface area contributed by atoms with E-state index in [4.69, 9.17) is 9.29 Å². The molecular weight excluding hydrogens is 366 g/mol. The highest BCUT2D eigenvalue weighted by Gasteiger charge is 2.74. The normalized spacial score (nSPS) is 36.4. The van der Waals surface area contributed by atoms with Gasteiger partial charge in [-0.3, -0.25) is 9.27 Å². The van der Waals surface area contributed by atoms with E-state index in [1.807, 2.05) is 6.07 Å². The van der Waals surface area contributed by atoms with Gasteiger partial charge in [0.2, 0.25) is 0 Å². The zero-order chi connectivity index (χ0) is 19.2. The van der Waals surface area contributed by atoms with Gasteiger partial charge >= 0.3 is 10.3 Å². The molecule has 4 aliphatic rings. The Balaban J connectivity index is 1.63.